The quantitative estimate of drug-likeness (QED) is 0.426. The molecule has 5 aromatic rings. The number of benzene rings is 3. The van der Waals surface area contributed by atoms with Crippen LogP contribution in [0, 0.1) is 0 Å². The number of para-hydroxylation sites is 1. The predicted molar refractivity (Wildman–Crippen MR) is 122 cm³/mol. The van der Waals surface area contributed by atoms with Gasteiger partial charge in [0.2, 0.25) is 5.91 Å². The molecule has 1 amide bonds. The van der Waals surface area contributed by atoms with Crippen molar-refractivity contribution in [2.75, 3.05) is 4.90 Å². The van der Waals surface area contributed by atoms with Gasteiger partial charge in [0.05, 0.1) is 18.3 Å². The minimum Gasteiger partial charge on any atom is -0.306 e. The Morgan fingerprint density at radius 3 is 2.66 bits per heavy atom. The Bertz CT molecular complexity index is 1360. The number of nitrogens with one attached hydrogen (secondary N) is 1. The van der Waals surface area contributed by atoms with E-state index >= 15 is 0 Å². The third kappa shape index (κ3) is 4.08. The van der Waals surface area contributed by atoms with E-state index in [1.54, 1.807) is 15.8 Å². The maximum atomic E-state index is 13.4. The van der Waals surface area contributed by atoms with E-state index < -0.39 is 0 Å². The van der Waals surface area contributed by atoms with Gasteiger partial charge in [-0.05, 0) is 42.0 Å². The molecule has 1 N–H and O–H groups in total. The first-order valence-electron chi connectivity index (χ1n) is 9.96. The Morgan fingerprint density at radius 1 is 1.03 bits per heavy atom. The maximum absolute atomic E-state index is 13.4. The molecule has 0 aliphatic carbocycles. The summed E-state index contributed by atoms with van der Waals surface area (Å²) in [5.74, 6) is -0.116. The van der Waals surface area contributed by atoms with Crippen molar-refractivity contribution in [3.8, 4) is 11.3 Å². The fourth-order valence-electron chi connectivity index (χ4n) is 3.54. The van der Waals surface area contributed by atoms with Crippen LogP contribution in [-0.2, 0) is 17.9 Å². The number of carbonyl (C=O) groups is 1. The van der Waals surface area contributed by atoms with E-state index in [0.717, 1.165) is 33.5 Å². The zero-order valence-corrected chi connectivity index (χ0v) is 17.6. The van der Waals surface area contributed by atoms with E-state index in [0.29, 0.717) is 11.6 Å². The third-order valence-electron chi connectivity index (χ3n) is 5.13. The number of aromatic nitrogens is 6. The highest BCUT2D eigenvalue weighted by atomic mass is 35.5. The number of fused-ring (bicyclic) bond motifs is 1. The van der Waals surface area contributed by atoms with Crippen LogP contribution in [-0.4, -0.2) is 36.3 Å². The van der Waals surface area contributed by atoms with Crippen LogP contribution in [0.2, 0.25) is 5.02 Å². The number of nitrogens with zero attached hydrogens (tertiary/aromatic N) is 6. The van der Waals surface area contributed by atoms with Crippen molar-refractivity contribution in [3.63, 3.8) is 0 Å². The molecule has 0 spiro atoms. The zero-order valence-electron chi connectivity index (χ0n) is 16.9. The average molecular weight is 444 g/mol. The molecule has 0 bridgehead atoms. The molecule has 0 saturated carbocycles. The van der Waals surface area contributed by atoms with Gasteiger partial charge < -0.3 is 4.90 Å². The summed E-state index contributed by atoms with van der Waals surface area (Å²) in [5, 5.41) is 19.5. The summed E-state index contributed by atoms with van der Waals surface area (Å²) in [7, 11) is 0. The number of anilines is 1. The molecule has 9 heteroatoms. The largest absolute Gasteiger partial charge is 0.306 e. The van der Waals surface area contributed by atoms with Gasteiger partial charge in [0.15, 0.2) is 0 Å². The second-order valence-electron chi connectivity index (χ2n) is 7.25. The minimum atomic E-state index is -0.116. The average Bonchev–Trinajstić information content (AvgIpc) is 3.49. The van der Waals surface area contributed by atoms with Crippen LogP contribution in [0.1, 0.15) is 5.56 Å². The Kier molecular flexibility index (Phi) is 5.35. The van der Waals surface area contributed by atoms with Crippen molar-refractivity contribution in [1.29, 1.82) is 0 Å². The van der Waals surface area contributed by atoms with Gasteiger partial charge in [-0.3, -0.25) is 4.79 Å². The molecule has 2 heterocycles. The molecule has 158 valence electrons. The number of rotatable bonds is 6. The minimum absolute atomic E-state index is 0.0616. The molecule has 0 fully saturated rings. The van der Waals surface area contributed by atoms with E-state index in [9.17, 15) is 4.79 Å². The molecule has 0 unspecified atom stereocenters. The van der Waals surface area contributed by atoms with Crippen LogP contribution in [0.4, 0.5) is 5.69 Å². The maximum Gasteiger partial charge on any atom is 0.249 e. The smallest absolute Gasteiger partial charge is 0.249 e. The summed E-state index contributed by atoms with van der Waals surface area (Å²) in [6, 6.07) is 22.7. The molecule has 0 aliphatic heterocycles. The summed E-state index contributed by atoms with van der Waals surface area (Å²) < 4.78 is 1.62. The van der Waals surface area contributed by atoms with Gasteiger partial charge in [0.25, 0.3) is 0 Å². The lowest BCUT2D eigenvalue weighted by atomic mass is 10.1. The number of aromatic amines is 1. The van der Waals surface area contributed by atoms with Gasteiger partial charge >= 0.3 is 0 Å². The van der Waals surface area contributed by atoms with Crippen LogP contribution in [0.3, 0.4) is 0 Å². The zero-order chi connectivity index (χ0) is 21.9. The lowest BCUT2D eigenvalue weighted by Crippen LogP contribution is -2.33. The summed E-state index contributed by atoms with van der Waals surface area (Å²) >= 11 is 6.17. The number of halogens is 1. The number of H-pyrrole nitrogens is 1. The van der Waals surface area contributed by atoms with Crippen molar-refractivity contribution in [2.45, 2.75) is 13.1 Å². The first-order chi connectivity index (χ1) is 15.7. The lowest BCUT2D eigenvalue weighted by molar-refractivity contribution is -0.119. The van der Waals surface area contributed by atoms with Crippen LogP contribution < -0.4 is 4.90 Å². The van der Waals surface area contributed by atoms with Gasteiger partial charge in [-0.1, -0.05) is 53.2 Å². The molecule has 0 saturated heterocycles. The first-order valence-corrected chi connectivity index (χ1v) is 10.3. The van der Waals surface area contributed by atoms with E-state index in [-0.39, 0.29) is 12.5 Å². The Hall–Kier alpha value is -4.04. The molecule has 0 atom stereocenters. The normalized spacial score (nSPS) is 11.0. The second kappa shape index (κ2) is 8.60. The van der Waals surface area contributed by atoms with Gasteiger partial charge in [0.1, 0.15) is 17.8 Å². The number of hydrogen-bond donors (Lipinski definition) is 1. The molecule has 8 nitrogen and oxygen atoms in total. The SMILES string of the molecule is O=C(Cn1nnc2ccccc21)N(Cc1cccc(Cl)c1)c1ccc(-c2cn[nH]n2)cc1. The van der Waals surface area contributed by atoms with E-state index in [1.165, 1.54) is 0 Å². The monoisotopic (exact) mass is 443 g/mol. The molecule has 0 aliphatic rings. The molecular weight excluding hydrogens is 426 g/mol. The van der Waals surface area contributed by atoms with Crippen molar-refractivity contribution in [2.24, 2.45) is 0 Å². The van der Waals surface area contributed by atoms with Crippen molar-refractivity contribution in [1.82, 2.24) is 30.4 Å². The van der Waals surface area contributed by atoms with Gasteiger partial charge in [-0.25, -0.2) is 4.68 Å². The van der Waals surface area contributed by atoms with Crippen molar-refractivity contribution in [3.05, 3.63) is 89.6 Å². The van der Waals surface area contributed by atoms with Crippen LogP contribution in [0.5, 0.6) is 0 Å². The Morgan fingerprint density at radius 2 is 1.88 bits per heavy atom. The highest BCUT2D eigenvalue weighted by molar-refractivity contribution is 6.30. The summed E-state index contributed by atoms with van der Waals surface area (Å²) in [4.78, 5) is 15.2. The molecule has 5 rings (SSSR count). The Labute approximate surface area is 188 Å². The molecule has 32 heavy (non-hydrogen) atoms. The highest BCUT2D eigenvalue weighted by Crippen LogP contribution is 2.24. The van der Waals surface area contributed by atoms with Crippen molar-refractivity contribution < 1.29 is 4.79 Å². The van der Waals surface area contributed by atoms with Crippen molar-refractivity contribution >= 4 is 34.2 Å². The van der Waals surface area contributed by atoms with Crippen LogP contribution >= 0.6 is 11.6 Å². The van der Waals surface area contributed by atoms with E-state index in [2.05, 4.69) is 25.7 Å². The topological polar surface area (TPSA) is 92.6 Å². The van der Waals surface area contributed by atoms with Crippen LogP contribution in [0.25, 0.3) is 22.3 Å². The highest BCUT2D eigenvalue weighted by Gasteiger charge is 2.19. The number of carbonyl (C=O) groups excluding carboxylic acids is 1. The van der Waals surface area contributed by atoms with Crippen LogP contribution in [0.15, 0.2) is 79.0 Å². The fourth-order valence-corrected chi connectivity index (χ4v) is 3.75. The fraction of sp³-hybridized carbons (Fsp3) is 0.0870. The molecule has 2 aromatic heterocycles. The molecule has 0 radical (unpaired) electrons. The summed E-state index contributed by atoms with van der Waals surface area (Å²) in [6.45, 7) is 0.432. The lowest BCUT2D eigenvalue weighted by Gasteiger charge is -2.23. The Balaban J connectivity index is 1.46. The van der Waals surface area contributed by atoms with E-state index in [1.807, 2.05) is 72.8 Å². The second-order valence-corrected chi connectivity index (χ2v) is 7.68. The third-order valence-corrected chi connectivity index (χ3v) is 5.36. The predicted octanol–water partition coefficient (Wildman–Crippen LogP) is 4.10. The number of amides is 1. The van der Waals surface area contributed by atoms with Gasteiger partial charge in [0, 0.05) is 16.3 Å². The molecular formula is C23H18ClN7O. The molecule has 3 aromatic carbocycles. The van der Waals surface area contributed by atoms with E-state index in [4.69, 9.17) is 11.6 Å². The summed E-state index contributed by atoms with van der Waals surface area (Å²) in [6.07, 6.45) is 1.65. The van der Waals surface area contributed by atoms with Gasteiger partial charge in [-0.15, -0.1) is 5.10 Å². The summed E-state index contributed by atoms with van der Waals surface area (Å²) in [5.41, 5.74) is 4.88. The van der Waals surface area contributed by atoms with Gasteiger partial charge in [-0.2, -0.15) is 15.4 Å². The number of hydrogen-bond acceptors (Lipinski definition) is 5. The standard InChI is InChI=1S/C23H18ClN7O/c24-18-5-3-4-16(12-18)14-30(19-10-8-17(9-11-19)21-13-25-28-26-21)23(32)15-31-22-7-2-1-6-20(22)27-29-31/h1-13H,14-15H2,(H,25,26,28). The first kappa shape index (κ1) is 19.9.